The molecule has 1 aromatic heterocycles. The van der Waals surface area contributed by atoms with Gasteiger partial charge in [0.15, 0.2) is 0 Å². The Morgan fingerprint density at radius 1 is 1.37 bits per heavy atom. The van der Waals surface area contributed by atoms with Crippen molar-refractivity contribution in [1.82, 2.24) is 20.6 Å². The van der Waals surface area contributed by atoms with Gasteiger partial charge in [-0.05, 0) is 55.4 Å². The fourth-order valence-corrected chi connectivity index (χ4v) is 2.66. The van der Waals surface area contributed by atoms with Gasteiger partial charge < -0.3 is 0 Å². The third kappa shape index (κ3) is 2.89. The second-order valence-corrected chi connectivity index (χ2v) is 5.33. The van der Waals surface area contributed by atoms with E-state index in [-0.39, 0.29) is 0 Å². The van der Waals surface area contributed by atoms with Crippen LogP contribution in [0.15, 0.2) is 35.9 Å². The van der Waals surface area contributed by atoms with Gasteiger partial charge >= 0.3 is 0 Å². The lowest BCUT2D eigenvalue weighted by atomic mass is 9.85. The number of benzene rings is 1. The molecule has 0 saturated heterocycles. The van der Waals surface area contributed by atoms with E-state index < -0.39 is 0 Å². The van der Waals surface area contributed by atoms with Crippen LogP contribution in [-0.2, 0) is 6.42 Å². The highest BCUT2D eigenvalue weighted by Gasteiger charge is 2.13. The Bertz CT molecular complexity index is 572. The molecule has 1 aliphatic carbocycles. The summed E-state index contributed by atoms with van der Waals surface area (Å²) in [6.45, 7) is 2.23. The number of hydrogen-bond donors (Lipinski definition) is 1. The first kappa shape index (κ1) is 12.1. The van der Waals surface area contributed by atoms with Crippen molar-refractivity contribution in [3.8, 4) is 11.4 Å². The molecule has 0 saturated carbocycles. The highest BCUT2D eigenvalue weighted by atomic mass is 15.5. The van der Waals surface area contributed by atoms with Crippen LogP contribution in [0.2, 0.25) is 0 Å². The van der Waals surface area contributed by atoms with Crippen molar-refractivity contribution >= 4 is 0 Å². The molecule has 1 unspecified atom stereocenters. The van der Waals surface area contributed by atoms with Crippen molar-refractivity contribution in [1.29, 1.82) is 0 Å². The van der Waals surface area contributed by atoms with E-state index in [2.05, 4.69) is 51.8 Å². The molecule has 1 aliphatic rings. The summed E-state index contributed by atoms with van der Waals surface area (Å²) in [6, 6.07) is 8.47. The zero-order valence-electron chi connectivity index (χ0n) is 11.1. The van der Waals surface area contributed by atoms with Gasteiger partial charge in [-0.1, -0.05) is 29.8 Å². The number of nitrogens with zero attached hydrogens (tertiary/aromatic N) is 3. The summed E-state index contributed by atoms with van der Waals surface area (Å²) in [7, 11) is 0. The maximum atomic E-state index is 4.03. The first-order chi connectivity index (χ1) is 9.31. The number of allylic oxidation sites excluding steroid dienone is 2. The molecule has 4 heteroatoms. The summed E-state index contributed by atoms with van der Waals surface area (Å²) in [4.78, 5) is 0. The molecule has 0 amide bonds. The van der Waals surface area contributed by atoms with E-state index in [9.17, 15) is 0 Å². The number of H-pyrrole nitrogens is 1. The van der Waals surface area contributed by atoms with Crippen LogP contribution in [-0.4, -0.2) is 20.6 Å². The highest BCUT2D eigenvalue weighted by molar-refractivity contribution is 5.54. The zero-order chi connectivity index (χ0) is 13.1. The van der Waals surface area contributed by atoms with Crippen molar-refractivity contribution in [2.45, 2.75) is 32.6 Å². The molecule has 1 atom stereocenters. The van der Waals surface area contributed by atoms with Gasteiger partial charge in [0.25, 0.3) is 0 Å². The minimum absolute atomic E-state index is 0.668. The van der Waals surface area contributed by atoms with E-state index in [4.69, 9.17) is 0 Å². The normalized spacial score (nSPS) is 19.2. The first-order valence-electron chi connectivity index (χ1n) is 6.79. The molecule has 1 aromatic carbocycles. The SMILES string of the molecule is CC1=CCC(Cc2cccc(-c3nn[nH]n3)c2)CC1. The standard InChI is InChI=1S/C15H18N4/c1-11-5-7-12(8-6-11)9-13-3-2-4-14(10-13)15-16-18-19-17-15/h2-5,10,12H,6-9H2,1H3,(H,16,17,18,19). The Labute approximate surface area is 112 Å². The van der Waals surface area contributed by atoms with Crippen LogP contribution in [0.1, 0.15) is 31.7 Å². The summed E-state index contributed by atoms with van der Waals surface area (Å²) < 4.78 is 0. The topological polar surface area (TPSA) is 54.5 Å². The summed E-state index contributed by atoms with van der Waals surface area (Å²) in [6.07, 6.45) is 7.27. The predicted octanol–water partition coefficient (Wildman–Crippen LogP) is 3.16. The van der Waals surface area contributed by atoms with Crippen molar-refractivity contribution < 1.29 is 0 Å². The summed E-state index contributed by atoms with van der Waals surface area (Å²) in [5, 5.41) is 14.2. The van der Waals surface area contributed by atoms with Gasteiger partial charge in [-0.25, -0.2) is 0 Å². The molecule has 1 heterocycles. The van der Waals surface area contributed by atoms with Crippen LogP contribution in [0, 0.1) is 5.92 Å². The predicted molar refractivity (Wildman–Crippen MR) is 74.4 cm³/mol. The molecule has 2 aromatic rings. The second kappa shape index (κ2) is 5.34. The van der Waals surface area contributed by atoms with Crippen LogP contribution in [0.25, 0.3) is 11.4 Å². The van der Waals surface area contributed by atoms with Crippen molar-refractivity contribution in [2.75, 3.05) is 0 Å². The first-order valence-corrected chi connectivity index (χ1v) is 6.79. The Morgan fingerprint density at radius 3 is 3.05 bits per heavy atom. The Morgan fingerprint density at radius 2 is 2.32 bits per heavy atom. The molecule has 0 fully saturated rings. The van der Waals surface area contributed by atoms with Crippen molar-refractivity contribution in [2.24, 2.45) is 5.92 Å². The third-order valence-electron chi connectivity index (χ3n) is 3.80. The van der Waals surface area contributed by atoms with Gasteiger partial charge in [0.2, 0.25) is 5.82 Å². The number of aromatic amines is 1. The molecule has 0 aliphatic heterocycles. The fraction of sp³-hybridized carbons (Fsp3) is 0.400. The molecule has 0 bridgehead atoms. The number of hydrogen-bond acceptors (Lipinski definition) is 3. The molecular formula is C15H18N4. The average molecular weight is 254 g/mol. The van der Waals surface area contributed by atoms with E-state index in [1.165, 1.54) is 30.4 Å². The lowest BCUT2D eigenvalue weighted by Gasteiger charge is -2.20. The Balaban J connectivity index is 1.73. The molecule has 98 valence electrons. The molecule has 0 radical (unpaired) electrons. The second-order valence-electron chi connectivity index (χ2n) is 5.33. The van der Waals surface area contributed by atoms with Crippen LogP contribution in [0.5, 0.6) is 0 Å². The lowest BCUT2D eigenvalue weighted by molar-refractivity contribution is 0.467. The number of rotatable bonds is 3. The average Bonchev–Trinajstić information content (AvgIpc) is 2.96. The number of nitrogens with one attached hydrogen (secondary N) is 1. The monoisotopic (exact) mass is 254 g/mol. The van der Waals surface area contributed by atoms with Crippen LogP contribution >= 0.6 is 0 Å². The van der Waals surface area contributed by atoms with Gasteiger partial charge in [0.05, 0.1) is 0 Å². The summed E-state index contributed by atoms with van der Waals surface area (Å²) >= 11 is 0. The van der Waals surface area contributed by atoms with Gasteiger partial charge in [-0.2, -0.15) is 5.21 Å². The number of tetrazole rings is 1. The molecule has 4 nitrogen and oxygen atoms in total. The molecule has 0 spiro atoms. The van der Waals surface area contributed by atoms with Crippen molar-refractivity contribution in [3.05, 3.63) is 41.5 Å². The molecular weight excluding hydrogens is 236 g/mol. The van der Waals surface area contributed by atoms with E-state index >= 15 is 0 Å². The van der Waals surface area contributed by atoms with Crippen molar-refractivity contribution in [3.63, 3.8) is 0 Å². The zero-order valence-corrected chi connectivity index (χ0v) is 11.1. The highest BCUT2D eigenvalue weighted by Crippen LogP contribution is 2.27. The smallest absolute Gasteiger partial charge is 0.177 e. The van der Waals surface area contributed by atoms with Gasteiger partial charge in [-0.3, -0.25) is 0 Å². The molecule has 3 rings (SSSR count). The lowest BCUT2D eigenvalue weighted by Crippen LogP contribution is -2.08. The van der Waals surface area contributed by atoms with E-state index in [0.29, 0.717) is 5.82 Å². The molecule has 19 heavy (non-hydrogen) atoms. The van der Waals surface area contributed by atoms with E-state index in [0.717, 1.165) is 17.9 Å². The Kier molecular flexibility index (Phi) is 3.40. The third-order valence-corrected chi connectivity index (χ3v) is 3.80. The maximum absolute atomic E-state index is 4.03. The van der Waals surface area contributed by atoms with Crippen LogP contribution in [0.4, 0.5) is 0 Å². The van der Waals surface area contributed by atoms with Gasteiger partial charge in [-0.15, -0.1) is 10.2 Å². The summed E-state index contributed by atoms with van der Waals surface area (Å²) in [5.41, 5.74) is 3.94. The van der Waals surface area contributed by atoms with E-state index in [1.54, 1.807) is 0 Å². The van der Waals surface area contributed by atoms with E-state index in [1.807, 2.05) is 6.07 Å². The Hall–Kier alpha value is -1.97. The minimum atomic E-state index is 0.668. The van der Waals surface area contributed by atoms with Crippen LogP contribution in [0.3, 0.4) is 0 Å². The fourth-order valence-electron chi connectivity index (χ4n) is 2.66. The molecule has 1 N–H and O–H groups in total. The largest absolute Gasteiger partial charge is 0.204 e. The van der Waals surface area contributed by atoms with Crippen LogP contribution < -0.4 is 0 Å². The maximum Gasteiger partial charge on any atom is 0.204 e. The summed E-state index contributed by atoms with van der Waals surface area (Å²) in [5.74, 6) is 1.44. The number of aromatic nitrogens is 4. The quantitative estimate of drug-likeness (QED) is 0.856. The van der Waals surface area contributed by atoms with Gasteiger partial charge in [0, 0.05) is 5.56 Å². The van der Waals surface area contributed by atoms with Gasteiger partial charge in [0.1, 0.15) is 0 Å². The minimum Gasteiger partial charge on any atom is -0.177 e.